The number of nitrogens with one attached hydrogen (secondary N) is 1. The molecule has 21 heavy (non-hydrogen) atoms. The van der Waals surface area contributed by atoms with Gasteiger partial charge in [0, 0.05) is 5.56 Å². The molecule has 0 aliphatic carbocycles. The molecule has 1 fully saturated rings. The summed E-state index contributed by atoms with van der Waals surface area (Å²) in [5.74, 6) is 0.886. The normalized spacial score (nSPS) is 21.5. The molecule has 2 aromatic rings. The minimum absolute atomic E-state index is 0. The van der Waals surface area contributed by atoms with Crippen molar-refractivity contribution in [2.24, 2.45) is 5.92 Å². The molecule has 2 aromatic carbocycles. The van der Waals surface area contributed by atoms with Crippen LogP contribution >= 0.6 is 0 Å². The Morgan fingerprint density at radius 3 is 1.86 bits per heavy atom. The Bertz CT molecular complexity index is 454. The van der Waals surface area contributed by atoms with Crippen molar-refractivity contribution in [1.82, 2.24) is 0 Å². The van der Waals surface area contributed by atoms with Gasteiger partial charge in [0.2, 0.25) is 0 Å². The van der Waals surface area contributed by atoms with Gasteiger partial charge in [0.1, 0.15) is 6.54 Å². The Hall–Kier alpha value is -1.12. The lowest BCUT2D eigenvalue weighted by atomic mass is 9.90. The summed E-state index contributed by atoms with van der Waals surface area (Å²) in [7, 11) is 0. The zero-order valence-corrected chi connectivity index (χ0v) is 14.1. The Balaban J connectivity index is 0.00000161. The van der Waals surface area contributed by atoms with Crippen LogP contribution in [0, 0.1) is 5.92 Å². The molecule has 1 N–H and O–H groups in total. The van der Waals surface area contributed by atoms with Gasteiger partial charge in [-0.05, 0) is 30.7 Å². The van der Waals surface area contributed by atoms with E-state index in [1.54, 1.807) is 4.90 Å². The van der Waals surface area contributed by atoms with E-state index in [1.807, 2.05) is 0 Å². The van der Waals surface area contributed by atoms with E-state index in [0.717, 1.165) is 5.92 Å². The third-order valence-electron chi connectivity index (χ3n) is 4.48. The van der Waals surface area contributed by atoms with Crippen LogP contribution in [0.25, 0.3) is 0 Å². The average molecular weight is 346 g/mol. The number of quaternary nitrogens is 1. The molecule has 1 heterocycles. The first kappa shape index (κ1) is 16.3. The molecule has 2 heteroatoms. The Labute approximate surface area is 138 Å². The quantitative estimate of drug-likeness (QED) is 0.778. The van der Waals surface area contributed by atoms with Gasteiger partial charge in [-0.15, -0.1) is 0 Å². The van der Waals surface area contributed by atoms with Gasteiger partial charge in [-0.25, -0.2) is 0 Å². The zero-order chi connectivity index (χ0) is 13.6. The van der Waals surface area contributed by atoms with E-state index < -0.39 is 0 Å². The van der Waals surface area contributed by atoms with E-state index >= 15 is 0 Å². The van der Waals surface area contributed by atoms with Gasteiger partial charge in [0.15, 0.2) is 0 Å². The molecule has 1 saturated heterocycles. The van der Waals surface area contributed by atoms with Crippen LogP contribution in [0.4, 0.5) is 0 Å². The van der Waals surface area contributed by atoms with Crippen LogP contribution in [0.5, 0.6) is 0 Å². The van der Waals surface area contributed by atoms with E-state index in [-0.39, 0.29) is 17.0 Å². The van der Waals surface area contributed by atoms with Crippen molar-refractivity contribution in [1.29, 1.82) is 0 Å². The summed E-state index contributed by atoms with van der Waals surface area (Å²) >= 11 is 0. The number of piperidine rings is 1. The van der Waals surface area contributed by atoms with Gasteiger partial charge in [0.05, 0.1) is 13.1 Å². The molecule has 0 bridgehead atoms. The Morgan fingerprint density at radius 1 is 0.762 bits per heavy atom. The largest absolute Gasteiger partial charge is 1.00 e. The first-order chi connectivity index (χ1) is 9.90. The molecule has 1 nitrogen and oxygen atoms in total. The molecule has 112 valence electrons. The standard InChI is InChI=1S/C19H23N.BrH/c1-3-7-17(8-4-1)15-18-11-13-20(14-12-18)16-19-9-5-2-6-10-19;/h1-10,18H,11-16H2;1H. The van der Waals surface area contributed by atoms with Gasteiger partial charge in [-0.3, -0.25) is 0 Å². The number of halogens is 1. The summed E-state index contributed by atoms with van der Waals surface area (Å²) < 4.78 is 0. The fourth-order valence-corrected chi connectivity index (χ4v) is 3.30. The summed E-state index contributed by atoms with van der Waals surface area (Å²) in [6.45, 7) is 3.84. The van der Waals surface area contributed by atoms with E-state index in [9.17, 15) is 0 Å². The van der Waals surface area contributed by atoms with Crippen LogP contribution in [0.15, 0.2) is 60.7 Å². The van der Waals surface area contributed by atoms with Gasteiger partial charge in [0.25, 0.3) is 0 Å². The highest BCUT2D eigenvalue weighted by Gasteiger charge is 2.22. The number of rotatable bonds is 4. The van der Waals surface area contributed by atoms with Crippen molar-refractivity contribution >= 4 is 0 Å². The van der Waals surface area contributed by atoms with Gasteiger partial charge in [-0.2, -0.15) is 0 Å². The predicted molar refractivity (Wildman–Crippen MR) is 83.7 cm³/mol. The van der Waals surface area contributed by atoms with Crippen molar-refractivity contribution < 1.29 is 21.9 Å². The van der Waals surface area contributed by atoms with Crippen molar-refractivity contribution in [3.63, 3.8) is 0 Å². The van der Waals surface area contributed by atoms with Crippen LogP contribution < -0.4 is 21.9 Å². The lowest BCUT2D eigenvalue weighted by Gasteiger charge is -2.29. The van der Waals surface area contributed by atoms with Crippen LogP contribution in [0.1, 0.15) is 24.0 Å². The molecule has 1 aliphatic rings. The molecule has 1 aliphatic heterocycles. The lowest BCUT2D eigenvalue weighted by Crippen LogP contribution is -3.11. The van der Waals surface area contributed by atoms with Gasteiger partial charge >= 0.3 is 0 Å². The summed E-state index contributed by atoms with van der Waals surface area (Å²) in [6, 6.07) is 21.9. The van der Waals surface area contributed by atoms with Gasteiger partial charge in [-0.1, -0.05) is 60.7 Å². The van der Waals surface area contributed by atoms with E-state index in [1.165, 1.54) is 50.0 Å². The zero-order valence-electron chi connectivity index (χ0n) is 12.5. The molecule has 0 radical (unpaired) electrons. The van der Waals surface area contributed by atoms with Crippen molar-refractivity contribution in [3.05, 3.63) is 71.8 Å². The smallest absolute Gasteiger partial charge is 0.103 e. The molecular formula is C19H24BrN. The van der Waals surface area contributed by atoms with Crippen molar-refractivity contribution in [3.8, 4) is 0 Å². The number of hydrogen-bond donors (Lipinski definition) is 1. The van der Waals surface area contributed by atoms with Crippen LogP contribution in [0.3, 0.4) is 0 Å². The summed E-state index contributed by atoms with van der Waals surface area (Å²) in [5.41, 5.74) is 2.98. The molecular weight excluding hydrogens is 322 g/mol. The monoisotopic (exact) mass is 345 g/mol. The van der Waals surface area contributed by atoms with Crippen LogP contribution in [-0.2, 0) is 13.0 Å². The predicted octanol–water partition coefficient (Wildman–Crippen LogP) is -0.272. The Kier molecular flexibility index (Phi) is 6.47. The van der Waals surface area contributed by atoms with E-state index in [2.05, 4.69) is 60.7 Å². The maximum Gasteiger partial charge on any atom is 0.103 e. The summed E-state index contributed by atoms with van der Waals surface area (Å²) in [6.07, 6.45) is 4.01. The second kappa shape index (κ2) is 8.35. The molecule has 0 amide bonds. The van der Waals surface area contributed by atoms with Crippen molar-refractivity contribution in [2.45, 2.75) is 25.8 Å². The van der Waals surface area contributed by atoms with E-state index in [0.29, 0.717) is 0 Å². The molecule has 0 unspecified atom stereocenters. The number of benzene rings is 2. The minimum atomic E-state index is 0. The van der Waals surface area contributed by atoms with Crippen LogP contribution in [0.2, 0.25) is 0 Å². The number of hydrogen-bond acceptors (Lipinski definition) is 0. The second-order valence-corrected chi connectivity index (χ2v) is 6.05. The summed E-state index contributed by atoms with van der Waals surface area (Å²) in [5, 5.41) is 0. The second-order valence-electron chi connectivity index (χ2n) is 6.05. The minimum Gasteiger partial charge on any atom is -1.00 e. The van der Waals surface area contributed by atoms with Crippen molar-refractivity contribution in [2.75, 3.05) is 13.1 Å². The number of likely N-dealkylation sites (tertiary alicyclic amines) is 1. The third-order valence-corrected chi connectivity index (χ3v) is 4.48. The molecule has 0 saturated carbocycles. The molecule has 0 aromatic heterocycles. The third kappa shape index (κ3) is 4.98. The summed E-state index contributed by atoms with van der Waals surface area (Å²) in [4.78, 5) is 1.75. The maximum atomic E-state index is 2.27. The van der Waals surface area contributed by atoms with Gasteiger partial charge < -0.3 is 21.9 Å². The highest BCUT2D eigenvalue weighted by Crippen LogP contribution is 2.16. The molecule has 0 atom stereocenters. The molecule has 3 rings (SSSR count). The highest BCUT2D eigenvalue weighted by molar-refractivity contribution is 5.15. The van der Waals surface area contributed by atoms with E-state index in [4.69, 9.17) is 0 Å². The fraction of sp³-hybridized carbons (Fsp3) is 0.368. The first-order valence-corrected chi connectivity index (χ1v) is 7.81. The highest BCUT2D eigenvalue weighted by atomic mass is 79.9. The SMILES string of the molecule is [Br-].c1ccc(CC2CC[NH+](Cc3ccccc3)CC2)cc1. The Morgan fingerprint density at radius 2 is 1.29 bits per heavy atom. The fourth-order valence-electron chi connectivity index (χ4n) is 3.30. The topological polar surface area (TPSA) is 4.44 Å². The van der Waals surface area contributed by atoms with Crippen LogP contribution in [-0.4, -0.2) is 13.1 Å². The lowest BCUT2D eigenvalue weighted by molar-refractivity contribution is -0.919. The molecule has 0 spiro atoms. The first-order valence-electron chi connectivity index (χ1n) is 7.81. The average Bonchev–Trinajstić information content (AvgIpc) is 2.51. The maximum absolute atomic E-state index is 2.27.